The molecule has 5 heteroatoms. The normalized spacial score (nSPS) is 33.7. The van der Waals surface area contributed by atoms with E-state index in [2.05, 4.69) is 5.32 Å². The zero-order valence-electron chi connectivity index (χ0n) is 8.38. The molecule has 0 aliphatic heterocycles. The molecular weight excluding hydrogens is 204 g/mol. The fraction of sp³-hybridized carbons (Fsp3) is 0.900. The highest BCUT2D eigenvalue weighted by Gasteiger charge is 2.56. The van der Waals surface area contributed by atoms with Crippen LogP contribution in [0.5, 0.6) is 0 Å². The number of hydrogen-bond acceptors (Lipinski definition) is 2. The van der Waals surface area contributed by atoms with Gasteiger partial charge in [-0.3, -0.25) is 4.79 Å². The van der Waals surface area contributed by atoms with E-state index in [1.54, 1.807) is 0 Å². The van der Waals surface area contributed by atoms with Gasteiger partial charge in [0.2, 0.25) is 5.91 Å². The summed E-state index contributed by atoms with van der Waals surface area (Å²) >= 11 is 0. The highest BCUT2D eigenvalue weighted by molar-refractivity contribution is 5.82. The molecule has 0 spiro atoms. The van der Waals surface area contributed by atoms with E-state index in [0.29, 0.717) is 11.8 Å². The maximum absolute atomic E-state index is 12.6. The van der Waals surface area contributed by atoms with Crippen molar-refractivity contribution in [2.24, 2.45) is 17.8 Å². The van der Waals surface area contributed by atoms with Gasteiger partial charge in [0.25, 0.3) is 5.92 Å². The Kier molecular flexibility index (Phi) is 2.66. The maximum Gasteiger partial charge on any atom is 0.287 e. The van der Waals surface area contributed by atoms with Crippen LogP contribution in [0.1, 0.15) is 19.3 Å². The van der Waals surface area contributed by atoms with Gasteiger partial charge in [0.1, 0.15) is 6.61 Å². The molecule has 0 saturated heterocycles. The molecule has 2 aliphatic rings. The number of carbonyl (C=O) groups is 1. The summed E-state index contributed by atoms with van der Waals surface area (Å²) in [4.78, 5) is 11.5. The number of halogens is 2. The van der Waals surface area contributed by atoms with Gasteiger partial charge >= 0.3 is 0 Å². The Balaban J connectivity index is 1.75. The lowest BCUT2D eigenvalue weighted by molar-refractivity contribution is -0.126. The minimum absolute atomic E-state index is 0.0340. The maximum atomic E-state index is 12.6. The highest BCUT2D eigenvalue weighted by atomic mass is 19.3. The van der Waals surface area contributed by atoms with Gasteiger partial charge in [0, 0.05) is 5.92 Å². The predicted octanol–water partition coefficient (Wildman–Crippen LogP) is 0.776. The van der Waals surface area contributed by atoms with Gasteiger partial charge in [0.15, 0.2) is 0 Å². The van der Waals surface area contributed by atoms with E-state index in [4.69, 9.17) is 5.11 Å². The highest BCUT2D eigenvalue weighted by Crippen LogP contribution is 2.57. The van der Waals surface area contributed by atoms with Crippen molar-refractivity contribution in [2.45, 2.75) is 25.2 Å². The minimum Gasteiger partial charge on any atom is -0.390 e. The molecular formula is C10H15F2NO2. The van der Waals surface area contributed by atoms with Crippen molar-refractivity contribution in [2.75, 3.05) is 13.2 Å². The fourth-order valence-corrected chi connectivity index (χ4v) is 2.60. The summed E-state index contributed by atoms with van der Waals surface area (Å²) in [6.07, 6.45) is 3.27. The summed E-state index contributed by atoms with van der Waals surface area (Å²) in [6.45, 7) is -1.97. The second-order valence-electron chi connectivity index (χ2n) is 4.52. The van der Waals surface area contributed by atoms with Crippen molar-refractivity contribution in [3.63, 3.8) is 0 Å². The van der Waals surface area contributed by atoms with Gasteiger partial charge in [0.05, 0.1) is 6.54 Å². The molecule has 0 aromatic heterocycles. The first-order valence-corrected chi connectivity index (χ1v) is 5.31. The first-order valence-electron chi connectivity index (χ1n) is 5.31. The van der Waals surface area contributed by atoms with Crippen LogP contribution in [0, 0.1) is 17.8 Å². The summed E-state index contributed by atoms with van der Waals surface area (Å²) in [6, 6.07) is 0. The second-order valence-corrected chi connectivity index (χ2v) is 4.52. The third-order valence-electron chi connectivity index (χ3n) is 3.46. The van der Waals surface area contributed by atoms with Gasteiger partial charge in [-0.1, -0.05) is 6.42 Å². The molecule has 2 rings (SSSR count). The van der Waals surface area contributed by atoms with Gasteiger partial charge in [-0.05, 0) is 24.7 Å². The van der Waals surface area contributed by atoms with Crippen molar-refractivity contribution < 1.29 is 18.7 Å². The minimum atomic E-state index is -3.19. The van der Waals surface area contributed by atoms with E-state index in [0.717, 1.165) is 19.3 Å². The zero-order valence-corrected chi connectivity index (χ0v) is 8.38. The first-order chi connectivity index (χ1) is 7.05. The van der Waals surface area contributed by atoms with Crippen molar-refractivity contribution in [1.29, 1.82) is 0 Å². The van der Waals surface area contributed by atoms with E-state index in [1.165, 1.54) is 0 Å². The summed E-state index contributed by atoms with van der Waals surface area (Å²) in [5.41, 5.74) is 0. The van der Waals surface area contributed by atoms with Crippen LogP contribution >= 0.6 is 0 Å². The molecule has 15 heavy (non-hydrogen) atoms. The van der Waals surface area contributed by atoms with Crippen LogP contribution in [0.4, 0.5) is 8.78 Å². The van der Waals surface area contributed by atoms with Crippen molar-refractivity contribution >= 4 is 5.91 Å². The van der Waals surface area contributed by atoms with Crippen LogP contribution in [0.15, 0.2) is 0 Å². The van der Waals surface area contributed by atoms with Gasteiger partial charge in [-0.15, -0.1) is 0 Å². The lowest BCUT2D eigenvalue weighted by Gasteiger charge is -2.14. The fourth-order valence-electron chi connectivity index (χ4n) is 2.60. The topological polar surface area (TPSA) is 49.3 Å². The Morgan fingerprint density at radius 2 is 2.00 bits per heavy atom. The Morgan fingerprint density at radius 3 is 2.53 bits per heavy atom. The third kappa shape index (κ3) is 2.12. The molecule has 0 aromatic rings. The lowest BCUT2D eigenvalue weighted by Crippen LogP contribution is -2.40. The summed E-state index contributed by atoms with van der Waals surface area (Å²) in [5, 5.41) is 10.5. The summed E-state index contributed by atoms with van der Waals surface area (Å²) in [7, 11) is 0. The molecule has 0 bridgehead atoms. The monoisotopic (exact) mass is 219 g/mol. The predicted molar refractivity (Wildman–Crippen MR) is 49.4 cm³/mol. The van der Waals surface area contributed by atoms with Crippen molar-refractivity contribution in [3.8, 4) is 0 Å². The molecule has 3 nitrogen and oxygen atoms in total. The SMILES string of the molecule is O=C(NCC(F)(F)CO)C1C2CCCC21. The Labute approximate surface area is 86.8 Å². The second kappa shape index (κ2) is 3.70. The van der Waals surface area contributed by atoms with Crippen LogP contribution in [0.2, 0.25) is 0 Å². The van der Waals surface area contributed by atoms with Crippen LogP contribution in [-0.4, -0.2) is 30.1 Å². The molecule has 2 saturated carbocycles. The molecule has 0 radical (unpaired) electrons. The molecule has 1 amide bonds. The van der Waals surface area contributed by atoms with Gasteiger partial charge in [-0.25, -0.2) is 8.78 Å². The number of aliphatic hydroxyl groups excluding tert-OH is 1. The molecule has 2 atom stereocenters. The molecule has 2 aliphatic carbocycles. The van der Waals surface area contributed by atoms with E-state index >= 15 is 0 Å². The Morgan fingerprint density at radius 1 is 1.40 bits per heavy atom. The lowest BCUT2D eigenvalue weighted by atomic mass is 10.1. The number of carbonyl (C=O) groups excluding carboxylic acids is 1. The van der Waals surface area contributed by atoms with Crippen LogP contribution in [0.3, 0.4) is 0 Å². The zero-order chi connectivity index (χ0) is 11.1. The number of nitrogens with one attached hydrogen (secondary N) is 1. The van der Waals surface area contributed by atoms with Crippen LogP contribution in [-0.2, 0) is 4.79 Å². The van der Waals surface area contributed by atoms with Crippen molar-refractivity contribution in [3.05, 3.63) is 0 Å². The van der Waals surface area contributed by atoms with E-state index < -0.39 is 19.1 Å². The average Bonchev–Trinajstić information content (AvgIpc) is 2.69. The largest absolute Gasteiger partial charge is 0.390 e. The quantitative estimate of drug-likeness (QED) is 0.734. The van der Waals surface area contributed by atoms with Crippen LogP contribution in [0.25, 0.3) is 0 Å². The van der Waals surface area contributed by atoms with E-state index in [9.17, 15) is 13.6 Å². The van der Waals surface area contributed by atoms with Crippen molar-refractivity contribution in [1.82, 2.24) is 5.32 Å². The molecule has 86 valence electrons. The Bertz CT molecular complexity index is 260. The number of aliphatic hydroxyl groups is 1. The number of rotatable bonds is 4. The average molecular weight is 219 g/mol. The molecule has 2 fully saturated rings. The molecule has 2 N–H and O–H groups in total. The Hall–Kier alpha value is -0.710. The third-order valence-corrected chi connectivity index (χ3v) is 3.46. The molecule has 0 heterocycles. The van der Waals surface area contributed by atoms with Gasteiger partial charge < -0.3 is 10.4 Å². The standard InChI is InChI=1S/C10H15F2NO2/c11-10(12,5-14)4-13-9(15)8-6-2-1-3-7(6)8/h6-8,14H,1-5H2,(H,13,15). The first kappa shape index (κ1) is 10.8. The smallest absolute Gasteiger partial charge is 0.287 e. The van der Waals surface area contributed by atoms with E-state index in [-0.39, 0.29) is 11.8 Å². The summed E-state index contributed by atoms with van der Waals surface area (Å²) in [5.74, 6) is -2.62. The summed E-state index contributed by atoms with van der Waals surface area (Å²) < 4.78 is 25.2. The number of amides is 1. The number of alkyl halides is 2. The van der Waals surface area contributed by atoms with E-state index in [1.807, 2.05) is 0 Å². The number of fused-ring (bicyclic) bond motifs is 1. The molecule has 0 aromatic carbocycles. The van der Waals surface area contributed by atoms with Crippen LogP contribution < -0.4 is 5.32 Å². The van der Waals surface area contributed by atoms with Gasteiger partial charge in [-0.2, -0.15) is 0 Å². The number of hydrogen-bond donors (Lipinski definition) is 2. The molecule has 2 unspecified atom stereocenters.